The van der Waals surface area contributed by atoms with Crippen LogP contribution < -0.4 is 23.8 Å². The molecule has 0 amide bonds. The van der Waals surface area contributed by atoms with Crippen molar-refractivity contribution in [2.24, 2.45) is 0 Å². The van der Waals surface area contributed by atoms with Crippen molar-refractivity contribution >= 4 is 0 Å². The van der Waals surface area contributed by atoms with Crippen LogP contribution in [0.1, 0.15) is 28.2 Å². The van der Waals surface area contributed by atoms with Crippen LogP contribution in [0.5, 0.6) is 23.0 Å². The van der Waals surface area contributed by atoms with Crippen LogP contribution in [0.15, 0.2) is 24.3 Å². The third-order valence-corrected chi connectivity index (χ3v) is 5.73. The molecule has 4 aliphatic rings. The minimum Gasteiger partial charge on any atom is -0.486 e. The van der Waals surface area contributed by atoms with Crippen LogP contribution in [0.25, 0.3) is 0 Å². The summed E-state index contributed by atoms with van der Waals surface area (Å²) in [6, 6.07) is 8.80. The topological polar surface area (TPSA) is 41.4 Å². The molecular formula is C20H20NO4+. The smallest absolute Gasteiger partial charge is 0.161 e. The molecule has 0 radical (unpaired) electrons. The second kappa shape index (κ2) is 5.05. The minimum atomic E-state index is 0.383. The third kappa shape index (κ3) is 2.05. The van der Waals surface area contributed by atoms with E-state index in [0.717, 1.165) is 42.6 Å². The first-order valence-corrected chi connectivity index (χ1v) is 9.03. The average molecular weight is 338 g/mol. The maximum Gasteiger partial charge on any atom is 0.161 e. The summed E-state index contributed by atoms with van der Waals surface area (Å²) in [5.74, 6) is 3.95. The Morgan fingerprint density at radius 1 is 0.640 bits per heavy atom. The molecule has 6 rings (SSSR count). The molecule has 0 aromatic heterocycles. The molecule has 0 fully saturated rings. The summed E-state index contributed by atoms with van der Waals surface area (Å²) in [7, 11) is 0. The van der Waals surface area contributed by atoms with Crippen LogP contribution in [0.2, 0.25) is 0 Å². The van der Waals surface area contributed by atoms with Crippen molar-refractivity contribution in [3.8, 4) is 23.0 Å². The van der Waals surface area contributed by atoms with Crippen molar-refractivity contribution in [2.45, 2.75) is 19.0 Å². The zero-order valence-corrected chi connectivity index (χ0v) is 14.0. The number of benzene rings is 2. The van der Waals surface area contributed by atoms with Gasteiger partial charge in [-0.3, -0.25) is 0 Å². The Morgan fingerprint density at radius 2 is 1.08 bits per heavy atom. The Balaban J connectivity index is 1.50. The highest BCUT2D eigenvalue weighted by molar-refractivity contribution is 5.56. The number of quaternary nitrogens is 1. The molecule has 0 aliphatic carbocycles. The fraction of sp³-hybridized carbons (Fsp3) is 0.400. The molecule has 128 valence electrons. The summed E-state index contributed by atoms with van der Waals surface area (Å²) < 4.78 is 23.2. The lowest BCUT2D eigenvalue weighted by Crippen LogP contribution is -3.11. The second-order valence-corrected chi connectivity index (χ2v) is 7.25. The zero-order valence-electron chi connectivity index (χ0n) is 14.0. The van der Waals surface area contributed by atoms with E-state index >= 15 is 0 Å². The zero-order chi connectivity index (χ0) is 16.4. The van der Waals surface area contributed by atoms with Gasteiger partial charge in [0.2, 0.25) is 0 Å². The van der Waals surface area contributed by atoms with E-state index < -0.39 is 0 Å². The summed E-state index contributed by atoms with van der Waals surface area (Å²) in [6.45, 7) is 5.73. The van der Waals surface area contributed by atoms with Crippen LogP contribution in [-0.4, -0.2) is 33.0 Å². The number of ether oxygens (including phenoxy) is 4. The second-order valence-electron chi connectivity index (χ2n) is 7.25. The van der Waals surface area contributed by atoms with Crippen LogP contribution in [0.3, 0.4) is 0 Å². The number of nitrogens with one attached hydrogen (secondary N) is 1. The predicted molar refractivity (Wildman–Crippen MR) is 89.9 cm³/mol. The first-order chi connectivity index (χ1) is 12.3. The van der Waals surface area contributed by atoms with E-state index in [1.807, 2.05) is 0 Å². The molecule has 2 aromatic rings. The van der Waals surface area contributed by atoms with E-state index in [1.54, 1.807) is 4.90 Å². The van der Waals surface area contributed by atoms with E-state index in [2.05, 4.69) is 24.3 Å². The molecule has 4 aliphatic heterocycles. The Hall–Kier alpha value is -2.40. The predicted octanol–water partition coefficient (Wildman–Crippen LogP) is 1.27. The first kappa shape index (κ1) is 13.8. The van der Waals surface area contributed by atoms with Gasteiger partial charge in [0.1, 0.15) is 39.5 Å². The summed E-state index contributed by atoms with van der Waals surface area (Å²) in [4.78, 5) is 1.60. The van der Waals surface area contributed by atoms with Gasteiger partial charge >= 0.3 is 0 Å². The number of hydrogen-bond acceptors (Lipinski definition) is 4. The number of fused-ring (bicyclic) bond motifs is 8. The summed E-state index contributed by atoms with van der Waals surface area (Å²) >= 11 is 0. The lowest BCUT2D eigenvalue weighted by Gasteiger charge is -2.39. The molecule has 2 bridgehead atoms. The molecule has 5 heteroatoms. The molecule has 25 heavy (non-hydrogen) atoms. The van der Waals surface area contributed by atoms with Gasteiger partial charge in [-0.2, -0.15) is 0 Å². The molecule has 5 nitrogen and oxygen atoms in total. The van der Waals surface area contributed by atoms with Crippen LogP contribution >= 0.6 is 0 Å². The van der Waals surface area contributed by atoms with Crippen LogP contribution in [0.4, 0.5) is 0 Å². The third-order valence-electron chi connectivity index (χ3n) is 5.73. The summed E-state index contributed by atoms with van der Waals surface area (Å²) in [6.07, 6.45) is 0. The fourth-order valence-corrected chi connectivity index (χ4v) is 4.67. The Labute approximate surface area is 146 Å². The van der Waals surface area contributed by atoms with Crippen molar-refractivity contribution in [2.75, 3.05) is 33.0 Å². The van der Waals surface area contributed by atoms with Crippen LogP contribution in [-0.2, 0) is 13.1 Å². The molecule has 0 unspecified atom stereocenters. The maximum atomic E-state index is 5.83. The first-order valence-electron chi connectivity index (χ1n) is 9.03. The van der Waals surface area contributed by atoms with Gasteiger partial charge in [-0.1, -0.05) is 0 Å². The largest absolute Gasteiger partial charge is 0.486 e. The number of hydrogen-bond donors (Lipinski definition) is 1. The van der Waals surface area contributed by atoms with E-state index in [-0.39, 0.29) is 0 Å². The van der Waals surface area contributed by atoms with Gasteiger partial charge in [0.15, 0.2) is 23.0 Å². The lowest BCUT2D eigenvalue weighted by molar-refractivity contribution is -0.933. The molecule has 1 N–H and O–H groups in total. The van der Waals surface area contributed by atoms with Gasteiger partial charge in [-0.05, 0) is 35.4 Å². The Bertz CT molecular complexity index is 809. The van der Waals surface area contributed by atoms with Gasteiger partial charge in [0.25, 0.3) is 0 Å². The molecule has 0 saturated carbocycles. The van der Waals surface area contributed by atoms with E-state index in [1.165, 1.54) is 22.3 Å². The van der Waals surface area contributed by atoms with Crippen molar-refractivity contribution in [1.29, 1.82) is 0 Å². The minimum absolute atomic E-state index is 0.383. The van der Waals surface area contributed by atoms with Crippen molar-refractivity contribution in [3.63, 3.8) is 0 Å². The van der Waals surface area contributed by atoms with Crippen molar-refractivity contribution < 1.29 is 23.8 Å². The SMILES string of the molecule is c1c2c(cc3c1OCCO3)C1C[NH+](C2)Cc2cc3c(cc21)OCCO3. The van der Waals surface area contributed by atoms with E-state index in [4.69, 9.17) is 18.9 Å². The van der Waals surface area contributed by atoms with Gasteiger partial charge < -0.3 is 23.8 Å². The normalized spacial score (nSPS) is 25.0. The molecular weight excluding hydrogens is 318 g/mol. The van der Waals surface area contributed by atoms with Crippen molar-refractivity contribution in [1.82, 2.24) is 0 Å². The standard InChI is InChI=1S/C20H19NO4/c1-3-24-19-7-14-12(5-17(19)22-1)9-21-10-13-6-18-20(25-4-2-23-18)8-15(13)16(14)11-21/h5-8,16H,1-4,9-11H2/p+1. The Kier molecular flexibility index (Phi) is 2.80. The molecule has 0 spiro atoms. The van der Waals surface area contributed by atoms with Gasteiger partial charge in [0, 0.05) is 11.1 Å². The van der Waals surface area contributed by atoms with Gasteiger partial charge in [-0.15, -0.1) is 0 Å². The molecule has 4 heterocycles. The number of rotatable bonds is 0. The Morgan fingerprint density at radius 3 is 1.56 bits per heavy atom. The highest BCUT2D eigenvalue weighted by Crippen LogP contribution is 2.43. The highest BCUT2D eigenvalue weighted by Gasteiger charge is 2.38. The molecule has 0 atom stereocenters. The quantitative estimate of drug-likeness (QED) is 0.786. The summed E-state index contributed by atoms with van der Waals surface area (Å²) in [5.41, 5.74) is 5.53. The van der Waals surface area contributed by atoms with E-state index in [9.17, 15) is 0 Å². The highest BCUT2D eigenvalue weighted by atomic mass is 16.6. The average Bonchev–Trinajstić information content (AvgIpc) is 2.65. The van der Waals surface area contributed by atoms with Crippen molar-refractivity contribution in [3.05, 3.63) is 46.5 Å². The molecule has 0 saturated heterocycles. The fourth-order valence-electron chi connectivity index (χ4n) is 4.67. The van der Waals surface area contributed by atoms with Crippen LogP contribution in [0, 0.1) is 0 Å². The van der Waals surface area contributed by atoms with Gasteiger partial charge in [0.05, 0.1) is 12.5 Å². The van der Waals surface area contributed by atoms with E-state index in [0.29, 0.717) is 32.3 Å². The monoisotopic (exact) mass is 338 g/mol. The maximum absolute atomic E-state index is 5.83. The van der Waals surface area contributed by atoms with Gasteiger partial charge in [-0.25, -0.2) is 0 Å². The lowest BCUT2D eigenvalue weighted by atomic mass is 9.79. The molecule has 2 aromatic carbocycles. The summed E-state index contributed by atoms with van der Waals surface area (Å²) in [5, 5.41) is 0.